The fourth-order valence-electron chi connectivity index (χ4n) is 2.55. The van der Waals surface area contributed by atoms with Crippen LogP contribution in [-0.2, 0) is 6.54 Å². The van der Waals surface area contributed by atoms with Crippen LogP contribution in [0.15, 0.2) is 18.2 Å². The van der Waals surface area contributed by atoms with Gasteiger partial charge in [0.05, 0.1) is 11.2 Å². The fourth-order valence-corrected chi connectivity index (χ4v) is 2.55. The van der Waals surface area contributed by atoms with Crippen LogP contribution >= 0.6 is 0 Å². The minimum absolute atomic E-state index is 0.100. The van der Waals surface area contributed by atoms with Crippen molar-refractivity contribution >= 4 is 5.97 Å². The van der Waals surface area contributed by atoms with Gasteiger partial charge >= 0.3 is 5.97 Å². The molecule has 1 fully saturated rings. The van der Waals surface area contributed by atoms with Crippen LogP contribution in [0, 0.1) is 5.82 Å². The molecule has 0 aromatic heterocycles. The summed E-state index contributed by atoms with van der Waals surface area (Å²) in [5.74, 6) is -1.43. The Bertz CT molecular complexity index is 502. The van der Waals surface area contributed by atoms with Gasteiger partial charge in [-0.15, -0.1) is 0 Å². The van der Waals surface area contributed by atoms with Gasteiger partial charge in [-0.1, -0.05) is 0 Å². The average molecular weight is 281 g/mol. The van der Waals surface area contributed by atoms with E-state index in [2.05, 4.69) is 4.90 Å². The van der Waals surface area contributed by atoms with Crippen molar-refractivity contribution in [3.63, 3.8) is 0 Å². The standard InChI is InChI=1S/C15H20FNO3/c1-15(20)5-2-7-17(8-6-15)10-12-9-11(14(18)19)3-4-13(12)16/h3-4,9,20H,2,5-8,10H2,1H3,(H,18,19). The Morgan fingerprint density at radius 2 is 2.15 bits per heavy atom. The maximum atomic E-state index is 13.8. The zero-order chi connectivity index (χ0) is 14.8. The van der Waals surface area contributed by atoms with Crippen molar-refractivity contribution in [1.29, 1.82) is 0 Å². The van der Waals surface area contributed by atoms with Crippen molar-refractivity contribution < 1.29 is 19.4 Å². The normalized spacial score (nSPS) is 24.4. The molecule has 1 aromatic rings. The first-order valence-electron chi connectivity index (χ1n) is 6.84. The van der Waals surface area contributed by atoms with E-state index >= 15 is 0 Å². The highest BCUT2D eigenvalue weighted by atomic mass is 19.1. The number of halogens is 1. The maximum Gasteiger partial charge on any atom is 0.335 e. The van der Waals surface area contributed by atoms with Gasteiger partial charge in [0.15, 0.2) is 0 Å². The zero-order valence-electron chi connectivity index (χ0n) is 11.6. The van der Waals surface area contributed by atoms with E-state index in [4.69, 9.17) is 5.11 Å². The number of benzene rings is 1. The molecule has 110 valence electrons. The molecule has 0 saturated carbocycles. The first-order chi connectivity index (χ1) is 9.37. The smallest absolute Gasteiger partial charge is 0.335 e. The van der Waals surface area contributed by atoms with Gasteiger partial charge in [-0.2, -0.15) is 0 Å². The molecule has 0 amide bonds. The van der Waals surface area contributed by atoms with E-state index in [9.17, 15) is 14.3 Å². The van der Waals surface area contributed by atoms with Crippen molar-refractivity contribution in [2.24, 2.45) is 0 Å². The van der Waals surface area contributed by atoms with E-state index in [0.717, 1.165) is 19.4 Å². The number of aliphatic hydroxyl groups is 1. The summed E-state index contributed by atoms with van der Waals surface area (Å²) in [4.78, 5) is 13.0. The minimum Gasteiger partial charge on any atom is -0.478 e. The van der Waals surface area contributed by atoms with Gasteiger partial charge in [-0.25, -0.2) is 9.18 Å². The van der Waals surface area contributed by atoms with Crippen LogP contribution in [0.5, 0.6) is 0 Å². The molecular formula is C15H20FNO3. The number of hydrogen-bond acceptors (Lipinski definition) is 3. The topological polar surface area (TPSA) is 60.8 Å². The van der Waals surface area contributed by atoms with Gasteiger partial charge < -0.3 is 10.2 Å². The van der Waals surface area contributed by atoms with Crippen molar-refractivity contribution in [2.45, 2.75) is 38.3 Å². The van der Waals surface area contributed by atoms with E-state index in [1.807, 2.05) is 6.92 Å². The minimum atomic E-state index is -1.05. The third-order valence-electron chi connectivity index (χ3n) is 3.84. The van der Waals surface area contributed by atoms with Gasteiger partial charge in [0.25, 0.3) is 0 Å². The molecular weight excluding hydrogens is 261 g/mol. The number of carboxylic acids is 1. The molecule has 4 nitrogen and oxygen atoms in total. The Morgan fingerprint density at radius 3 is 2.85 bits per heavy atom. The lowest BCUT2D eigenvalue weighted by Crippen LogP contribution is -2.28. The summed E-state index contributed by atoms with van der Waals surface area (Å²) in [7, 11) is 0. The van der Waals surface area contributed by atoms with Crippen LogP contribution in [0.1, 0.15) is 42.1 Å². The Balaban J connectivity index is 2.09. The molecule has 20 heavy (non-hydrogen) atoms. The van der Waals surface area contributed by atoms with E-state index in [1.54, 1.807) is 0 Å². The van der Waals surface area contributed by atoms with Crippen molar-refractivity contribution in [3.05, 3.63) is 35.1 Å². The predicted molar refractivity (Wildman–Crippen MR) is 73.1 cm³/mol. The molecule has 1 unspecified atom stereocenters. The van der Waals surface area contributed by atoms with E-state index in [1.165, 1.54) is 18.2 Å². The lowest BCUT2D eigenvalue weighted by Gasteiger charge is -2.22. The Morgan fingerprint density at radius 1 is 1.40 bits per heavy atom. The number of hydrogen-bond donors (Lipinski definition) is 2. The number of carboxylic acid groups (broad SMARTS) is 1. The lowest BCUT2D eigenvalue weighted by atomic mass is 9.98. The number of rotatable bonds is 3. The molecule has 0 bridgehead atoms. The highest BCUT2D eigenvalue weighted by Gasteiger charge is 2.25. The number of nitrogens with zero attached hydrogens (tertiary/aromatic N) is 1. The summed E-state index contributed by atoms with van der Waals surface area (Å²) >= 11 is 0. The summed E-state index contributed by atoms with van der Waals surface area (Å²) in [6, 6.07) is 3.86. The Hall–Kier alpha value is -1.46. The molecule has 1 saturated heterocycles. The number of aromatic carboxylic acids is 1. The molecule has 5 heteroatoms. The zero-order valence-corrected chi connectivity index (χ0v) is 11.6. The first-order valence-corrected chi connectivity index (χ1v) is 6.84. The fraction of sp³-hybridized carbons (Fsp3) is 0.533. The lowest BCUT2D eigenvalue weighted by molar-refractivity contribution is 0.0444. The van der Waals surface area contributed by atoms with Gasteiger partial charge in [0.2, 0.25) is 0 Å². The maximum absolute atomic E-state index is 13.8. The third kappa shape index (κ3) is 3.77. The van der Waals surface area contributed by atoms with Crippen molar-refractivity contribution in [3.8, 4) is 0 Å². The van der Waals surface area contributed by atoms with Crippen LogP contribution in [0.25, 0.3) is 0 Å². The van der Waals surface area contributed by atoms with E-state index < -0.39 is 11.6 Å². The highest BCUT2D eigenvalue weighted by Crippen LogP contribution is 2.23. The Kier molecular flexibility index (Phi) is 4.40. The van der Waals surface area contributed by atoms with Crippen molar-refractivity contribution in [1.82, 2.24) is 4.90 Å². The van der Waals surface area contributed by atoms with Crippen molar-refractivity contribution in [2.75, 3.05) is 13.1 Å². The third-order valence-corrected chi connectivity index (χ3v) is 3.84. The predicted octanol–water partition coefficient (Wildman–Crippen LogP) is 2.26. The molecule has 1 aliphatic rings. The van der Waals surface area contributed by atoms with Crippen LogP contribution in [0.4, 0.5) is 4.39 Å². The molecule has 2 rings (SSSR count). The quantitative estimate of drug-likeness (QED) is 0.892. The van der Waals surface area contributed by atoms with Crippen LogP contribution in [-0.4, -0.2) is 39.8 Å². The summed E-state index contributed by atoms with van der Waals surface area (Å²) in [5, 5.41) is 19.0. The molecule has 0 spiro atoms. The SMILES string of the molecule is CC1(O)CCCN(Cc2cc(C(=O)O)ccc2F)CC1. The highest BCUT2D eigenvalue weighted by molar-refractivity contribution is 5.87. The molecule has 1 heterocycles. The van der Waals surface area contributed by atoms with Crippen LogP contribution < -0.4 is 0 Å². The first kappa shape index (κ1) is 14.9. The second kappa shape index (κ2) is 5.89. The van der Waals surface area contributed by atoms with Gasteiger partial charge in [-0.05, 0) is 50.9 Å². The van der Waals surface area contributed by atoms with Crippen LogP contribution in [0.3, 0.4) is 0 Å². The van der Waals surface area contributed by atoms with E-state index in [0.29, 0.717) is 25.1 Å². The summed E-state index contributed by atoms with van der Waals surface area (Å²) in [6.07, 6.45) is 2.24. The number of carbonyl (C=O) groups is 1. The second-order valence-corrected chi connectivity index (χ2v) is 5.74. The number of likely N-dealkylation sites (tertiary alicyclic amines) is 1. The molecule has 2 N–H and O–H groups in total. The van der Waals surface area contributed by atoms with E-state index in [-0.39, 0.29) is 11.4 Å². The monoisotopic (exact) mass is 281 g/mol. The summed E-state index contributed by atoms with van der Waals surface area (Å²) in [6.45, 7) is 3.67. The molecule has 1 aliphatic heterocycles. The summed E-state index contributed by atoms with van der Waals surface area (Å²) < 4.78 is 13.8. The molecule has 1 aromatic carbocycles. The molecule has 1 atom stereocenters. The van der Waals surface area contributed by atoms with Gasteiger partial charge in [0.1, 0.15) is 5.82 Å². The largest absolute Gasteiger partial charge is 0.478 e. The van der Waals surface area contributed by atoms with Gasteiger partial charge in [-0.3, -0.25) is 4.90 Å². The Labute approximate surface area is 117 Å². The average Bonchev–Trinajstić information content (AvgIpc) is 2.53. The molecule has 0 radical (unpaired) electrons. The van der Waals surface area contributed by atoms with Crippen LogP contribution in [0.2, 0.25) is 0 Å². The summed E-state index contributed by atoms with van der Waals surface area (Å²) in [5.41, 5.74) is -0.161. The van der Waals surface area contributed by atoms with Gasteiger partial charge in [0, 0.05) is 18.7 Å². The molecule has 0 aliphatic carbocycles. The second-order valence-electron chi connectivity index (χ2n) is 5.74.